The van der Waals surface area contributed by atoms with E-state index in [-0.39, 0.29) is 17.7 Å². The molecule has 35 heavy (non-hydrogen) atoms. The van der Waals surface area contributed by atoms with Gasteiger partial charge in [0, 0.05) is 31.7 Å². The SMILES string of the molecule is CC1CN(c2cc(C#N)cc(Nc3nc(NC4CC4)c4ncc(C#N)n4n3)c2Cl)CCN1C(=O)O. The van der Waals surface area contributed by atoms with Crippen molar-refractivity contribution in [3.63, 3.8) is 0 Å². The number of carboxylic acid groups (broad SMARTS) is 1. The van der Waals surface area contributed by atoms with Gasteiger partial charge in [0.25, 0.3) is 0 Å². The summed E-state index contributed by atoms with van der Waals surface area (Å²) in [6, 6.07) is 7.55. The van der Waals surface area contributed by atoms with Crippen molar-refractivity contribution in [1.82, 2.24) is 24.5 Å². The van der Waals surface area contributed by atoms with Gasteiger partial charge in [-0.1, -0.05) is 11.6 Å². The topological polar surface area (TPSA) is 158 Å². The van der Waals surface area contributed by atoms with Crippen LogP contribution in [0.25, 0.3) is 5.65 Å². The lowest BCUT2D eigenvalue weighted by atomic mass is 10.1. The number of nitrogens with zero attached hydrogens (tertiary/aromatic N) is 8. The molecule has 2 fully saturated rings. The third kappa shape index (κ3) is 4.32. The number of hydrogen-bond acceptors (Lipinski definition) is 9. The van der Waals surface area contributed by atoms with Crippen LogP contribution in [-0.4, -0.2) is 67.4 Å². The molecule has 178 valence electrons. The van der Waals surface area contributed by atoms with Crippen LogP contribution in [0.15, 0.2) is 18.3 Å². The summed E-state index contributed by atoms with van der Waals surface area (Å²) < 4.78 is 1.41. The van der Waals surface area contributed by atoms with Crippen molar-refractivity contribution in [2.75, 3.05) is 35.2 Å². The van der Waals surface area contributed by atoms with E-state index in [1.165, 1.54) is 15.6 Å². The number of piperazine rings is 1. The molecule has 13 heteroatoms. The molecule has 1 atom stereocenters. The number of aromatic nitrogens is 4. The molecule has 3 heterocycles. The average Bonchev–Trinajstić information content (AvgIpc) is 3.56. The summed E-state index contributed by atoms with van der Waals surface area (Å²) in [5, 5.41) is 39.6. The highest BCUT2D eigenvalue weighted by Gasteiger charge is 2.29. The van der Waals surface area contributed by atoms with E-state index in [1.54, 1.807) is 12.1 Å². The second kappa shape index (κ2) is 8.81. The Hall–Kier alpha value is -4.29. The van der Waals surface area contributed by atoms with Gasteiger partial charge in [-0.25, -0.2) is 9.78 Å². The summed E-state index contributed by atoms with van der Waals surface area (Å²) in [5.74, 6) is 0.681. The Bertz CT molecular complexity index is 1400. The molecular formula is C22H21ClN10O2. The third-order valence-electron chi connectivity index (χ3n) is 6.04. The molecule has 3 aromatic rings. The molecule has 1 amide bonds. The minimum atomic E-state index is -0.962. The number of benzene rings is 1. The van der Waals surface area contributed by atoms with E-state index in [4.69, 9.17) is 11.6 Å². The Morgan fingerprint density at radius 2 is 2.06 bits per heavy atom. The second-order valence-corrected chi connectivity index (χ2v) is 8.94. The number of nitrogens with one attached hydrogen (secondary N) is 2. The van der Waals surface area contributed by atoms with Crippen LogP contribution in [0.1, 0.15) is 31.0 Å². The normalized spacial score (nSPS) is 17.7. The number of anilines is 4. The lowest BCUT2D eigenvalue weighted by molar-refractivity contribution is 0.122. The molecule has 0 spiro atoms. The molecule has 1 aromatic carbocycles. The zero-order valence-electron chi connectivity index (χ0n) is 18.7. The van der Waals surface area contributed by atoms with Crippen molar-refractivity contribution in [3.8, 4) is 12.1 Å². The zero-order chi connectivity index (χ0) is 24.7. The van der Waals surface area contributed by atoms with E-state index in [0.717, 1.165) is 12.8 Å². The van der Waals surface area contributed by atoms with Gasteiger partial charge in [-0.15, -0.1) is 5.10 Å². The van der Waals surface area contributed by atoms with Crippen molar-refractivity contribution in [2.24, 2.45) is 0 Å². The first-order valence-electron chi connectivity index (χ1n) is 11.1. The fourth-order valence-electron chi connectivity index (χ4n) is 4.10. The van der Waals surface area contributed by atoms with Gasteiger partial charge in [-0.05, 0) is 31.9 Å². The van der Waals surface area contributed by atoms with Gasteiger partial charge in [0.2, 0.25) is 5.95 Å². The standard InChI is InChI=1S/C22H21ClN10O2/c1-12-11-31(4-5-32(12)22(34)35)17-7-13(8-24)6-16(18(17)23)28-21-29-19(27-14-2-3-14)20-26-10-15(9-25)33(20)30-21/h6-7,10,12,14H,2-5,11H2,1H3,(H,34,35)(H2,27,28,29,30). The average molecular weight is 493 g/mol. The zero-order valence-corrected chi connectivity index (χ0v) is 19.5. The van der Waals surface area contributed by atoms with E-state index in [2.05, 4.69) is 37.8 Å². The lowest BCUT2D eigenvalue weighted by Gasteiger charge is -2.40. The molecule has 2 aliphatic rings. The molecule has 1 saturated carbocycles. The van der Waals surface area contributed by atoms with Gasteiger partial charge in [0.1, 0.15) is 6.07 Å². The number of halogens is 1. The quantitative estimate of drug-likeness (QED) is 0.483. The second-order valence-electron chi connectivity index (χ2n) is 8.56. The molecule has 5 rings (SSSR count). The van der Waals surface area contributed by atoms with E-state index in [0.29, 0.717) is 59.1 Å². The maximum atomic E-state index is 11.4. The summed E-state index contributed by atoms with van der Waals surface area (Å²) in [5.41, 5.74) is 2.11. The van der Waals surface area contributed by atoms with E-state index in [9.17, 15) is 20.4 Å². The van der Waals surface area contributed by atoms with Gasteiger partial charge >= 0.3 is 6.09 Å². The maximum absolute atomic E-state index is 11.4. The third-order valence-corrected chi connectivity index (χ3v) is 6.43. The highest BCUT2D eigenvalue weighted by Crippen LogP contribution is 2.37. The highest BCUT2D eigenvalue weighted by molar-refractivity contribution is 6.36. The van der Waals surface area contributed by atoms with Crippen LogP contribution in [0.4, 0.5) is 27.9 Å². The van der Waals surface area contributed by atoms with E-state index in [1.807, 2.05) is 11.8 Å². The van der Waals surface area contributed by atoms with Crippen LogP contribution in [0, 0.1) is 22.7 Å². The largest absolute Gasteiger partial charge is 0.465 e. The van der Waals surface area contributed by atoms with Gasteiger partial charge in [-0.3, -0.25) is 0 Å². The van der Waals surface area contributed by atoms with Gasteiger partial charge in [-0.2, -0.15) is 20.0 Å². The Morgan fingerprint density at radius 1 is 1.26 bits per heavy atom. The van der Waals surface area contributed by atoms with Crippen LogP contribution < -0.4 is 15.5 Å². The highest BCUT2D eigenvalue weighted by atomic mass is 35.5. The van der Waals surface area contributed by atoms with E-state index >= 15 is 0 Å². The number of imidazole rings is 1. The van der Waals surface area contributed by atoms with Crippen LogP contribution in [0.5, 0.6) is 0 Å². The molecule has 3 N–H and O–H groups in total. The minimum absolute atomic E-state index is 0.183. The first kappa shape index (κ1) is 22.5. The summed E-state index contributed by atoms with van der Waals surface area (Å²) in [4.78, 5) is 23.6. The molecule has 12 nitrogen and oxygen atoms in total. The minimum Gasteiger partial charge on any atom is -0.465 e. The summed E-state index contributed by atoms with van der Waals surface area (Å²) in [6.45, 7) is 3.01. The Morgan fingerprint density at radius 3 is 2.71 bits per heavy atom. The molecule has 1 aliphatic heterocycles. The number of rotatable bonds is 5. The van der Waals surface area contributed by atoms with Crippen LogP contribution >= 0.6 is 11.6 Å². The van der Waals surface area contributed by atoms with Crippen molar-refractivity contribution in [2.45, 2.75) is 31.8 Å². The molecule has 1 unspecified atom stereocenters. The smallest absolute Gasteiger partial charge is 0.407 e. The summed E-state index contributed by atoms with van der Waals surface area (Å²) >= 11 is 6.77. The first-order valence-corrected chi connectivity index (χ1v) is 11.4. The molecule has 2 aromatic heterocycles. The monoisotopic (exact) mass is 492 g/mol. The Balaban J connectivity index is 1.51. The number of carbonyl (C=O) groups is 1. The van der Waals surface area contributed by atoms with Crippen molar-refractivity contribution in [3.05, 3.63) is 34.6 Å². The Labute approximate surface area is 205 Å². The molecule has 1 saturated heterocycles. The number of nitriles is 2. The molecular weight excluding hydrogens is 472 g/mol. The van der Waals surface area contributed by atoms with Crippen LogP contribution in [0.3, 0.4) is 0 Å². The molecule has 1 aliphatic carbocycles. The molecule has 0 radical (unpaired) electrons. The number of amides is 1. The maximum Gasteiger partial charge on any atom is 0.407 e. The van der Waals surface area contributed by atoms with Crippen LogP contribution in [0.2, 0.25) is 5.02 Å². The van der Waals surface area contributed by atoms with Gasteiger partial charge in [0.05, 0.1) is 34.2 Å². The fraction of sp³-hybridized carbons (Fsp3) is 0.364. The van der Waals surface area contributed by atoms with Crippen molar-refractivity contribution in [1.29, 1.82) is 10.5 Å². The summed E-state index contributed by atoms with van der Waals surface area (Å²) in [6.07, 6.45) is 2.52. The predicted molar refractivity (Wildman–Crippen MR) is 128 cm³/mol. The summed E-state index contributed by atoms with van der Waals surface area (Å²) in [7, 11) is 0. The van der Waals surface area contributed by atoms with Crippen molar-refractivity contribution >= 4 is 46.5 Å². The number of hydrogen-bond donors (Lipinski definition) is 3. The number of fused-ring (bicyclic) bond motifs is 1. The Kier molecular flexibility index (Phi) is 5.67. The van der Waals surface area contributed by atoms with Gasteiger partial charge in [0.15, 0.2) is 17.2 Å². The lowest BCUT2D eigenvalue weighted by Crippen LogP contribution is -2.53. The van der Waals surface area contributed by atoms with Crippen LogP contribution in [-0.2, 0) is 0 Å². The first-order chi connectivity index (χ1) is 16.9. The van der Waals surface area contributed by atoms with E-state index < -0.39 is 6.09 Å². The predicted octanol–water partition coefficient (Wildman–Crippen LogP) is 3.03. The van der Waals surface area contributed by atoms with Crippen molar-refractivity contribution < 1.29 is 9.90 Å². The van der Waals surface area contributed by atoms with Gasteiger partial charge < -0.3 is 25.5 Å². The fourth-order valence-corrected chi connectivity index (χ4v) is 4.38. The molecule has 0 bridgehead atoms.